The molecule has 0 saturated heterocycles. The van der Waals surface area contributed by atoms with E-state index in [4.69, 9.17) is 9.47 Å². The van der Waals surface area contributed by atoms with Crippen molar-refractivity contribution in [1.82, 2.24) is 10.9 Å². The Morgan fingerprint density at radius 2 is 0.944 bits per heavy atom. The number of hydrogen-bond acceptors (Lipinski definition) is 12. The lowest BCUT2D eigenvalue weighted by atomic mass is 10.1. The summed E-state index contributed by atoms with van der Waals surface area (Å²) in [5.41, 5.74) is 4.75. The van der Waals surface area contributed by atoms with Crippen molar-refractivity contribution in [2.24, 2.45) is 10.2 Å². The molecular formula is C36H22Br2N6O10. The monoisotopic (exact) mass is 856 g/mol. The summed E-state index contributed by atoms with van der Waals surface area (Å²) >= 11 is 6.67. The van der Waals surface area contributed by atoms with Crippen LogP contribution in [0.3, 0.4) is 0 Å². The van der Waals surface area contributed by atoms with Crippen molar-refractivity contribution in [2.75, 3.05) is 0 Å². The van der Waals surface area contributed by atoms with Gasteiger partial charge in [-0.05, 0) is 72.8 Å². The Balaban J connectivity index is 1.28. The molecular weight excluding hydrogens is 836 g/mol. The van der Waals surface area contributed by atoms with Gasteiger partial charge in [-0.25, -0.2) is 20.4 Å². The SMILES string of the molecule is O=C(N/N=C/c1cc(Br)ccc1OC(=O)c1ccccc1C(=O)Oc1ccc(Br)cc1/C=N/NC(=O)c1ccc([N+](=O)[O-])cc1)c1ccc([N+](=O)[O-])cc1. The molecule has 5 rings (SSSR count). The molecule has 0 aliphatic rings. The summed E-state index contributed by atoms with van der Waals surface area (Å²) in [5.74, 6) is -3.06. The average molecular weight is 858 g/mol. The lowest BCUT2D eigenvalue weighted by Crippen LogP contribution is -2.19. The first kappa shape index (κ1) is 38.3. The van der Waals surface area contributed by atoms with Crippen LogP contribution in [0.25, 0.3) is 0 Å². The summed E-state index contributed by atoms with van der Waals surface area (Å²) in [5, 5.41) is 29.6. The van der Waals surface area contributed by atoms with Crippen LogP contribution in [0.1, 0.15) is 52.6 Å². The van der Waals surface area contributed by atoms with Crippen molar-refractivity contribution in [3.05, 3.63) is 172 Å². The van der Waals surface area contributed by atoms with E-state index in [1.807, 2.05) is 0 Å². The van der Waals surface area contributed by atoms with Gasteiger partial charge in [0.25, 0.3) is 23.2 Å². The maximum Gasteiger partial charge on any atom is 0.344 e. The van der Waals surface area contributed by atoms with Crippen LogP contribution >= 0.6 is 31.9 Å². The van der Waals surface area contributed by atoms with E-state index in [9.17, 15) is 39.4 Å². The summed E-state index contributed by atoms with van der Waals surface area (Å²) in [6, 6.07) is 24.9. The molecule has 2 N–H and O–H groups in total. The number of ether oxygens (including phenoxy) is 2. The maximum atomic E-state index is 13.5. The van der Waals surface area contributed by atoms with Gasteiger partial charge >= 0.3 is 11.9 Å². The molecule has 2 amide bonds. The van der Waals surface area contributed by atoms with Gasteiger partial charge in [-0.1, -0.05) is 44.0 Å². The number of nitro benzene ring substituents is 2. The van der Waals surface area contributed by atoms with E-state index in [2.05, 4.69) is 52.9 Å². The summed E-state index contributed by atoms with van der Waals surface area (Å²) in [6.07, 6.45) is 2.45. The first-order valence-electron chi connectivity index (χ1n) is 15.2. The van der Waals surface area contributed by atoms with Gasteiger partial charge in [0.15, 0.2) is 0 Å². The van der Waals surface area contributed by atoms with Gasteiger partial charge in [0.1, 0.15) is 11.5 Å². The van der Waals surface area contributed by atoms with Crippen LogP contribution in [0.15, 0.2) is 128 Å². The van der Waals surface area contributed by atoms with Gasteiger partial charge < -0.3 is 9.47 Å². The van der Waals surface area contributed by atoms with Crippen molar-refractivity contribution in [3.8, 4) is 11.5 Å². The molecule has 5 aromatic rings. The number of carbonyl (C=O) groups excluding carboxylic acids is 4. The van der Waals surface area contributed by atoms with Crippen molar-refractivity contribution in [1.29, 1.82) is 0 Å². The highest BCUT2D eigenvalue weighted by Gasteiger charge is 2.22. The number of rotatable bonds is 12. The number of nitrogens with zero attached hydrogens (tertiary/aromatic N) is 4. The van der Waals surface area contributed by atoms with Crippen molar-refractivity contribution >= 4 is 79.4 Å². The number of nitrogens with one attached hydrogen (secondary N) is 2. The standard InChI is InChI=1S/C36H22Br2N6O10/c37-25-9-15-31(23(17-25)19-39-41-33(45)21-5-11-27(12-6-21)43(49)50)53-35(47)29-3-1-2-4-30(29)36(48)54-32-16-10-26(38)18-24(32)20-40-42-34(46)22-7-13-28(14-8-22)44(51)52/h1-20H,(H,41,45)(H,42,46)/b39-19+,40-20+. The van der Waals surface area contributed by atoms with Crippen LogP contribution in [0.5, 0.6) is 11.5 Å². The molecule has 54 heavy (non-hydrogen) atoms. The first-order valence-corrected chi connectivity index (χ1v) is 16.8. The molecule has 0 aromatic heterocycles. The number of esters is 2. The van der Waals surface area contributed by atoms with Crippen molar-refractivity contribution in [3.63, 3.8) is 0 Å². The van der Waals surface area contributed by atoms with Crippen LogP contribution in [0, 0.1) is 20.2 Å². The van der Waals surface area contributed by atoms with Crippen LogP contribution in [0.2, 0.25) is 0 Å². The third-order valence-electron chi connectivity index (χ3n) is 7.14. The zero-order valence-corrected chi connectivity index (χ0v) is 30.3. The topological polar surface area (TPSA) is 222 Å². The Bertz CT molecular complexity index is 2190. The van der Waals surface area contributed by atoms with E-state index in [0.717, 1.165) is 0 Å². The highest BCUT2D eigenvalue weighted by molar-refractivity contribution is 9.10. The first-order chi connectivity index (χ1) is 25.9. The quantitative estimate of drug-likeness (QED) is 0.0430. The van der Waals surface area contributed by atoms with E-state index >= 15 is 0 Å². The number of halogens is 2. The average Bonchev–Trinajstić information content (AvgIpc) is 3.16. The molecule has 0 heterocycles. The van der Waals surface area contributed by atoms with Gasteiger partial charge in [0.2, 0.25) is 0 Å². The number of amides is 2. The summed E-state index contributed by atoms with van der Waals surface area (Å²) < 4.78 is 12.5. The molecule has 0 aliphatic heterocycles. The van der Waals surface area contributed by atoms with Gasteiger partial charge in [-0.3, -0.25) is 29.8 Å². The fourth-order valence-electron chi connectivity index (χ4n) is 4.49. The molecule has 0 fully saturated rings. The normalized spacial score (nSPS) is 10.9. The third-order valence-corrected chi connectivity index (χ3v) is 8.12. The molecule has 0 spiro atoms. The number of benzene rings is 5. The van der Waals surface area contributed by atoms with E-state index in [1.165, 1.54) is 97.4 Å². The van der Waals surface area contributed by atoms with E-state index in [1.54, 1.807) is 24.3 Å². The molecule has 0 aliphatic carbocycles. The minimum Gasteiger partial charge on any atom is -0.422 e. The number of hydrogen-bond donors (Lipinski definition) is 2. The second-order valence-corrected chi connectivity index (χ2v) is 12.5. The summed E-state index contributed by atoms with van der Waals surface area (Å²) in [6.45, 7) is 0. The fourth-order valence-corrected chi connectivity index (χ4v) is 5.25. The fraction of sp³-hybridized carbons (Fsp3) is 0. The van der Waals surface area contributed by atoms with E-state index in [0.29, 0.717) is 8.95 Å². The van der Waals surface area contributed by atoms with Crippen molar-refractivity contribution < 1.29 is 38.5 Å². The zero-order chi connectivity index (χ0) is 38.8. The largest absolute Gasteiger partial charge is 0.422 e. The Labute approximate surface area is 321 Å². The number of non-ortho nitro benzene ring substituents is 2. The maximum absolute atomic E-state index is 13.5. The van der Waals surface area contributed by atoms with E-state index in [-0.39, 0.29) is 56.3 Å². The molecule has 18 heteroatoms. The lowest BCUT2D eigenvalue weighted by molar-refractivity contribution is -0.385. The second kappa shape index (κ2) is 17.5. The smallest absolute Gasteiger partial charge is 0.344 e. The number of carbonyl (C=O) groups is 4. The van der Waals surface area contributed by atoms with Gasteiger partial charge in [0, 0.05) is 55.5 Å². The second-order valence-electron chi connectivity index (χ2n) is 10.7. The minimum atomic E-state index is -0.916. The molecule has 16 nitrogen and oxygen atoms in total. The van der Waals surface area contributed by atoms with Crippen LogP contribution in [-0.2, 0) is 0 Å². The minimum absolute atomic E-state index is 0.0295. The Hall–Kier alpha value is -6.92. The zero-order valence-electron chi connectivity index (χ0n) is 27.2. The number of nitro groups is 2. The van der Waals surface area contributed by atoms with Gasteiger partial charge in [0.05, 0.1) is 33.4 Å². The predicted octanol–water partition coefficient (Wildman–Crippen LogP) is 6.99. The lowest BCUT2D eigenvalue weighted by Gasteiger charge is -2.12. The number of hydrazone groups is 2. The molecule has 0 atom stereocenters. The summed E-state index contributed by atoms with van der Waals surface area (Å²) in [4.78, 5) is 72.4. The molecule has 0 saturated carbocycles. The van der Waals surface area contributed by atoms with Gasteiger partial charge in [-0.15, -0.1) is 0 Å². The van der Waals surface area contributed by atoms with Gasteiger partial charge in [-0.2, -0.15) is 10.2 Å². The molecule has 5 aromatic carbocycles. The Morgan fingerprint density at radius 3 is 1.30 bits per heavy atom. The predicted molar refractivity (Wildman–Crippen MR) is 201 cm³/mol. The molecule has 0 radical (unpaired) electrons. The van der Waals surface area contributed by atoms with Crippen LogP contribution in [-0.4, -0.2) is 46.0 Å². The molecule has 270 valence electrons. The molecule has 0 bridgehead atoms. The van der Waals surface area contributed by atoms with Crippen molar-refractivity contribution in [2.45, 2.75) is 0 Å². The Kier molecular flexibility index (Phi) is 12.4. The third kappa shape index (κ3) is 9.90. The van der Waals surface area contributed by atoms with Crippen LogP contribution < -0.4 is 20.3 Å². The highest BCUT2D eigenvalue weighted by Crippen LogP contribution is 2.26. The van der Waals surface area contributed by atoms with E-state index < -0.39 is 33.6 Å². The molecule has 0 unspecified atom stereocenters. The van der Waals surface area contributed by atoms with Crippen LogP contribution in [0.4, 0.5) is 11.4 Å². The Morgan fingerprint density at radius 1 is 0.574 bits per heavy atom. The highest BCUT2D eigenvalue weighted by atomic mass is 79.9. The summed E-state index contributed by atoms with van der Waals surface area (Å²) in [7, 11) is 0.